The van der Waals surface area contributed by atoms with Crippen LogP contribution in [0.4, 0.5) is 0 Å². The van der Waals surface area contributed by atoms with E-state index in [1.54, 1.807) is 12.1 Å². The number of nitrogens with one attached hydrogen (secondary N) is 3. The predicted molar refractivity (Wildman–Crippen MR) is 206 cm³/mol. The van der Waals surface area contributed by atoms with E-state index in [1.807, 2.05) is 30.3 Å². The van der Waals surface area contributed by atoms with Crippen LogP contribution in [0.2, 0.25) is 0 Å². The fourth-order valence-electron chi connectivity index (χ4n) is 6.88. The van der Waals surface area contributed by atoms with Gasteiger partial charge in [0.25, 0.3) is 0 Å². The summed E-state index contributed by atoms with van der Waals surface area (Å²) in [7, 11) is 0. The number of rotatable bonds is 26. The summed E-state index contributed by atoms with van der Waals surface area (Å²) >= 11 is 0. The van der Waals surface area contributed by atoms with Gasteiger partial charge >= 0.3 is 5.97 Å². The lowest BCUT2D eigenvalue weighted by Gasteiger charge is -2.29. The van der Waals surface area contributed by atoms with E-state index < -0.39 is 42.5 Å². The Morgan fingerprint density at radius 3 is 1.92 bits per heavy atom. The number of unbranched alkanes of at least 4 members (excludes halogenated alkanes) is 12. The van der Waals surface area contributed by atoms with E-state index in [1.165, 1.54) is 81.2 Å². The number of carbonyl (C=O) groups is 5. The average Bonchev–Trinajstić information content (AvgIpc) is 3.65. The maximum atomic E-state index is 13.9. The number of likely N-dealkylation sites (tertiary alicyclic amines) is 1. The quantitative estimate of drug-likeness (QED) is 0.0717. The van der Waals surface area contributed by atoms with Gasteiger partial charge in [-0.2, -0.15) is 0 Å². The molecule has 1 saturated heterocycles. The molecule has 11 nitrogen and oxygen atoms in total. The van der Waals surface area contributed by atoms with Gasteiger partial charge in [-0.1, -0.05) is 126 Å². The van der Waals surface area contributed by atoms with Gasteiger partial charge in [-0.05, 0) is 55.4 Å². The van der Waals surface area contributed by atoms with Crippen LogP contribution in [0.3, 0.4) is 0 Å². The molecular formula is C42H62N4O7. The van der Waals surface area contributed by atoms with Crippen LogP contribution in [0.1, 0.15) is 127 Å². The number of phenolic OH excluding ortho intramolecular Hbond substituents is 1. The van der Waals surface area contributed by atoms with Crippen molar-refractivity contribution in [1.82, 2.24) is 20.9 Å². The largest absolute Gasteiger partial charge is 0.508 e. The minimum absolute atomic E-state index is 0.104. The van der Waals surface area contributed by atoms with Crippen molar-refractivity contribution in [1.29, 1.82) is 0 Å². The zero-order valence-corrected chi connectivity index (χ0v) is 31.7. The second kappa shape index (κ2) is 24.8. The number of benzene rings is 2. The first-order chi connectivity index (χ1) is 25.7. The smallest absolute Gasteiger partial charge is 0.326 e. The van der Waals surface area contributed by atoms with Crippen molar-refractivity contribution in [3.63, 3.8) is 0 Å². The van der Waals surface area contributed by atoms with Crippen LogP contribution >= 0.6 is 0 Å². The van der Waals surface area contributed by atoms with Crippen LogP contribution in [-0.2, 0) is 36.8 Å². The van der Waals surface area contributed by atoms with E-state index in [0.29, 0.717) is 32.2 Å². The first-order valence-corrected chi connectivity index (χ1v) is 19.9. The average molecular weight is 735 g/mol. The van der Waals surface area contributed by atoms with Crippen molar-refractivity contribution in [2.45, 2.75) is 147 Å². The maximum absolute atomic E-state index is 13.9. The first-order valence-electron chi connectivity index (χ1n) is 19.9. The van der Waals surface area contributed by atoms with Gasteiger partial charge in [0.05, 0.1) is 6.54 Å². The normalized spacial score (nSPS) is 15.0. The van der Waals surface area contributed by atoms with E-state index in [9.17, 15) is 34.2 Å². The molecule has 0 saturated carbocycles. The highest BCUT2D eigenvalue weighted by Crippen LogP contribution is 2.20. The number of carbonyl (C=O) groups excluding carboxylic acids is 4. The molecule has 2 aromatic carbocycles. The number of hydrogen-bond acceptors (Lipinski definition) is 6. The Labute approximate surface area is 315 Å². The summed E-state index contributed by atoms with van der Waals surface area (Å²) in [6.07, 6.45) is 17.9. The first kappa shape index (κ1) is 43.0. The minimum Gasteiger partial charge on any atom is -0.508 e. The van der Waals surface area contributed by atoms with Crippen LogP contribution in [0, 0.1) is 0 Å². The lowest BCUT2D eigenvalue weighted by Crippen LogP contribution is -2.55. The molecule has 1 aliphatic heterocycles. The Morgan fingerprint density at radius 1 is 0.736 bits per heavy atom. The molecule has 0 spiro atoms. The summed E-state index contributed by atoms with van der Waals surface area (Å²) in [6.45, 7) is 2.15. The van der Waals surface area contributed by atoms with Gasteiger partial charge in [0.1, 0.15) is 23.9 Å². The van der Waals surface area contributed by atoms with Crippen LogP contribution in [0.5, 0.6) is 5.75 Å². The number of carboxylic acids is 1. The maximum Gasteiger partial charge on any atom is 0.326 e. The highest BCUT2D eigenvalue weighted by molar-refractivity contribution is 5.94. The fraction of sp³-hybridized carbons (Fsp3) is 0.595. The monoisotopic (exact) mass is 734 g/mol. The standard InChI is InChI=1S/C42H62N4O7/c1-2-3-4-5-6-7-8-9-10-11-12-13-17-22-38(48)45-36(30-33-19-15-14-16-20-33)41(51)46-29-18-21-37(46)40(50)43-31-39(49)44-35(42(52)53)28-25-32-23-26-34(47)27-24-32/h14-16,19-20,23-24,26-27,35-37,47H,2-13,17-18,21-22,25,28-31H2,1H3,(H,43,50)(H,44,49)(H,45,48)(H,52,53)/t35-,36-,37-/m0/s1. The number of amides is 4. The number of hydrogen-bond donors (Lipinski definition) is 5. The Bertz CT molecular complexity index is 1400. The minimum atomic E-state index is -1.20. The molecule has 1 fully saturated rings. The Balaban J connectivity index is 1.45. The number of aromatic hydroxyl groups is 1. The second-order valence-electron chi connectivity index (χ2n) is 14.4. The van der Waals surface area contributed by atoms with Gasteiger partial charge in [0.15, 0.2) is 0 Å². The molecular weight excluding hydrogens is 672 g/mol. The molecule has 3 rings (SSSR count). The highest BCUT2D eigenvalue weighted by atomic mass is 16.4. The number of nitrogens with zero attached hydrogens (tertiary/aromatic N) is 1. The topological polar surface area (TPSA) is 165 Å². The fourth-order valence-corrected chi connectivity index (χ4v) is 6.88. The molecule has 53 heavy (non-hydrogen) atoms. The summed E-state index contributed by atoms with van der Waals surface area (Å²) in [6, 6.07) is 13.0. The van der Waals surface area contributed by atoms with Gasteiger partial charge in [0.2, 0.25) is 23.6 Å². The van der Waals surface area contributed by atoms with E-state index >= 15 is 0 Å². The van der Waals surface area contributed by atoms with Gasteiger partial charge in [-0.25, -0.2) is 4.79 Å². The molecule has 0 bridgehead atoms. The van der Waals surface area contributed by atoms with Crippen molar-refractivity contribution in [2.75, 3.05) is 13.1 Å². The van der Waals surface area contributed by atoms with Gasteiger partial charge < -0.3 is 31.1 Å². The van der Waals surface area contributed by atoms with Gasteiger partial charge in [-0.15, -0.1) is 0 Å². The number of aliphatic carboxylic acids is 1. The lowest BCUT2D eigenvalue weighted by molar-refractivity contribution is -0.142. The molecule has 2 aromatic rings. The molecule has 11 heteroatoms. The van der Waals surface area contributed by atoms with E-state index in [-0.39, 0.29) is 30.4 Å². The molecule has 0 radical (unpaired) electrons. The molecule has 292 valence electrons. The lowest BCUT2D eigenvalue weighted by atomic mass is 10.0. The van der Waals surface area contributed by atoms with Gasteiger partial charge in [0, 0.05) is 19.4 Å². The van der Waals surface area contributed by atoms with Crippen LogP contribution < -0.4 is 16.0 Å². The number of carboxylic acid groups (broad SMARTS) is 1. The van der Waals surface area contributed by atoms with Crippen molar-refractivity contribution in [3.05, 3.63) is 65.7 Å². The zero-order valence-electron chi connectivity index (χ0n) is 31.7. The third-order valence-corrected chi connectivity index (χ3v) is 9.98. The summed E-state index contributed by atoms with van der Waals surface area (Å²) in [4.78, 5) is 66.2. The second-order valence-corrected chi connectivity index (χ2v) is 14.4. The van der Waals surface area contributed by atoms with Crippen LogP contribution in [0.15, 0.2) is 54.6 Å². The molecule has 0 aromatic heterocycles. The molecule has 3 atom stereocenters. The van der Waals surface area contributed by atoms with Gasteiger partial charge in [-0.3, -0.25) is 19.2 Å². The summed E-state index contributed by atoms with van der Waals surface area (Å²) in [5.74, 6) is -2.77. The molecule has 1 heterocycles. The summed E-state index contributed by atoms with van der Waals surface area (Å²) in [5.41, 5.74) is 1.70. The predicted octanol–water partition coefficient (Wildman–Crippen LogP) is 6.21. The molecule has 0 aliphatic carbocycles. The zero-order chi connectivity index (χ0) is 38.3. The third kappa shape index (κ3) is 16.9. The Kier molecular flexibility index (Phi) is 20.1. The SMILES string of the molecule is CCCCCCCCCCCCCCCC(=O)N[C@@H](Cc1ccccc1)C(=O)N1CCC[C@H]1C(=O)NCC(=O)N[C@@H](CCc1ccc(O)cc1)C(=O)O. The Morgan fingerprint density at radius 2 is 1.32 bits per heavy atom. The number of phenols is 1. The molecule has 5 N–H and O–H groups in total. The molecule has 0 unspecified atom stereocenters. The van der Waals surface area contributed by atoms with Crippen molar-refractivity contribution in [3.8, 4) is 5.75 Å². The van der Waals surface area contributed by atoms with E-state index in [0.717, 1.165) is 30.4 Å². The third-order valence-electron chi connectivity index (χ3n) is 9.98. The van der Waals surface area contributed by atoms with Crippen molar-refractivity contribution >= 4 is 29.6 Å². The summed E-state index contributed by atoms with van der Waals surface area (Å²) in [5, 5.41) is 27.1. The molecule has 1 aliphatic rings. The Hall–Kier alpha value is -4.41. The van der Waals surface area contributed by atoms with Crippen molar-refractivity contribution < 1.29 is 34.2 Å². The van der Waals surface area contributed by atoms with Crippen molar-refractivity contribution in [2.24, 2.45) is 0 Å². The summed E-state index contributed by atoms with van der Waals surface area (Å²) < 4.78 is 0. The van der Waals surface area contributed by atoms with Crippen LogP contribution in [-0.4, -0.2) is 75.9 Å². The molecule has 4 amide bonds. The highest BCUT2D eigenvalue weighted by Gasteiger charge is 2.38. The van der Waals surface area contributed by atoms with E-state index in [2.05, 4.69) is 22.9 Å². The number of aryl methyl sites for hydroxylation is 1. The van der Waals surface area contributed by atoms with Crippen LogP contribution in [0.25, 0.3) is 0 Å². The van der Waals surface area contributed by atoms with E-state index in [4.69, 9.17) is 0 Å².